The molecule has 1 N–H and O–H groups in total. The van der Waals surface area contributed by atoms with Crippen LogP contribution in [0.15, 0.2) is 0 Å². The van der Waals surface area contributed by atoms with E-state index in [1.807, 2.05) is 0 Å². The molecule has 1 heterocycles. The quantitative estimate of drug-likeness (QED) is 0.869. The van der Waals surface area contributed by atoms with E-state index in [2.05, 4.69) is 45.9 Å². The number of halogens is 1. The van der Waals surface area contributed by atoms with Crippen molar-refractivity contribution < 1.29 is 0 Å². The molecule has 0 aromatic carbocycles. The summed E-state index contributed by atoms with van der Waals surface area (Å²) >= 11 is 6.02. The zero-order valence-electron chi connectivity index (χ0n) is 13.3. The van der Waals surface area contributed by atoms with Gasteiger partial charge in [-0.3, -0.25) is 0 Å². The summed E-state index contributed by atoms with van der Waals surface area (Å²) in [6.07, 6.45) is 5.27. The molecular weight excluding hydrogens is 286 g/mol. The van der Waals surface area contributed by atoms with Crippen molar-refractivity contribution in [1.82, 2.24) is 15.0 Å². The van der Waals surface area contributed by atoms with E-state index < -0.39 is 0 Å². The summed E-state index contributed by atoms with van der Waals surface area (Å²) in [6.45, 7) is 9.13. The minimum atomic E-state index is 0.256. The number of nitrogens with one attached hydrogen (secondary N) is 1. The highest BCUT2D eigenvalue weighted by atomic mass is 35.5. The maximum Gasteiger partial charge on any atom is 0.231 e. The average molecular weight is 312 g/mol. The second-order valence-electron chi connectivity index (χ2n) is 5.92. The molecule has 1 saturated carbocycles. The van der Waals surface area contributed by atoms with Crippen molar-refractivity contribution in [2.45, 2.75) is 46.5 Å². The van der Waals surface area contributed by atoms with Gasteiger partial charge >= 0.3 is 0 Å². The Kier molecular flexibility index (Phi) is 6.03. The molecule has 1 aromatic heterocycles. The number of hydrogen-bond acceptors (Lipinski definition) is 5. The molecule has 21 heavy (non-hydrogen) atoms. The molecule has 0 radical (unpaired) electrons. The molecule has 0 saturated heterocycles. The van der Waals surface area contributed by atoms with Gasteiger partial charge in [0.25, 0.3) is 0 Å². The van der Waals surface area contributed by atoms with Crippen molar-refractivity contribution in [2.24, 2.45) is 11.8 Å². The molecule has 1 fully saturated rings. The van der Waals surface area contributed by atoms with Gasteiger partial charge in [0.05, 0.1) is 0 Å². The summed E-state index contributed by atoms with van der Waals surface area (Å²) in [4.78, 5) is 15.0. The lowest BCUT2D eigenvalue weighted by molar-refractivity contribution is 0.293. The lowest BCUT2D eigenvalue weighted by Gasteiger charge is -2.27. The minimum absolute atomic E-state index is 0.256. The zero-order valence-corrected chi connectivity index (χ0v) is 14.0. The number of hydrogen-bond donors (Lipinski definition) is 1. The number of rotatable bonds is 6. The standard InChI is InChI=1S/C15H26ClN5/c1-4-21(5-2)15-19-13(16)18-14(20-15)17-10-12-8-6-7-11(3)9-12/h11-12H,4-10H2,1-3H3,(H,17,18,19,20). The van der Waals surface area contributed by atoms with Crippen LogP contribution in [-0.4, -0.2) is 34.6 Å². The van der Waals surface area contributed by atoms with E-state index in [1.54, 1.807) is 0 Å². The van der Waals surface area contributed by atoms with E-state index >= 15 is 0 Å². The Bertz CT molecular complexity index is 450. The Morgan fingerprint density at radius 1 is 1.19 bits per heavy atom. The largest absolute Gasteiger partial charge is 0.354 e. The normalized spacial score (nSPS) is 22.1. The zero-order chi connectivity index (χ0) is 15.2. The van der Waals surface area contributed by atoms with Crippen LogP contribution in [0.4, 0.5) is 11.9 Å². The van der Waals surface area contributed by atoms with Gasteiger partial charge in [-0.05, 0) is 50.1 Å². The number of aromatic nitrogens is 3. The van der Waals surface area contributed by atoms with Gasteiger partial charge < -0.3 is 10.2 Å². The molecule has 0 aliphatic heterocycles. The van der Waals surface area contributed by atoms with E-state index in [1.165, 1.54) is 25.7 Å². The minimum Gasteiger partial charge on any atom is -0.354 e. The van der Waals surface area contributed by atoms with E-state index in [-0.39, 0.29) is 5.28 Å². The monoisotopic (exact) mass is 311 g/mol. The molecule has 1 aliphatic carbocycles. The molecule has 2 atom stereocenters. The van der Waals surface area contributed by atoms with Crippen molar-refractivity contribution in [3.8, 4) is 0 Å². The molecular formula is C15H26ClN5. The lowest BCUT2D eigenvalue weighted by Crippen LogP contribution is -2.26. The van der Waals surface area contributed by atoms with Crippen LogP contribution in [0.1, 0.15) is 46.5 Å². The fourth-order valence-electron chi connectivity index (χ4n) is 3.05. The first-order chi connectivity index (χ1) is 10.1. The highest BCUT2D eigenvalue weighted by molar-refractivity contribution is 6.28. The van der Waals surface area contributed by atoms with Gasteiger partial charge in [0, 0.05) is 19.6 Å². The average Bonchev–Trinajstić information content (AvgIpc) is 2.46. The first-order valence-electron chi connectivity index (χ1n) is 8.02. The van der Waals surface area contributed by atoms with E-state index in [9.17, 15) is 0 Å². The smallest absolute Gasteiger partial charge is 0.231 e. The van der Waals surface area contributed by atoms with Crippen LogP contribution in [-0.2, 0) is 0 Å². The molecule has 1 aliphatic rings. The fourth-order valence-corrected chi connectivity index (χ4v) is 3.20. The molecule has 0 spiro atoms. The lowest BCUT2D eigenvalue weighted by atomic mass is 9.82. The maximum atomic E-state index is 6.02. The molecule has 5 nitrogen and oxygen atoms in total. The summed E-state index contributed by atoms with van der Waals surface area (Å²) in [7, 11) is 0. The summed E-state index contributed by atoms with van der Waals surface area (Å²) in [5.41, 5.74) is 0. The SMILES string of the molecule is CCN(CC)c1nc(Cl)nc(NCC2CCCC(C)C2)n1. The van der Waals surface area contributed by atoms with Crippen LogP contribution in [0.5, 0.6) is 0 Å². The topological polar surface area (TPSA) is 53.9 Å². The summed E-state index contributed by atoms with van der Waals surface area (Å²) in [5.74, 6) is 2.79. The molecule has 0 bridgehead atoms. The Morgan fingerprint density at radius 3 is 2.62 bits per heavy atom. The third kappa shape index (κ3) is 4.70. The molecule has 118 valence electrons. The van der Waals surface area contributed by atoms with E-state index in [0.29, 0.717) is 17.8 Å². The Balaban J connectivity index is 1.99. The van der Waals surface area contributed by atoms with Gasteiger partial charge in [-0.25, -0.2) is 0 Å². The van der Waals surface area contributed by atoms with Crippen molar-refractivity contribution in [3.05, 3.63) is 5.28 Å². The van der Waals surface area contributed by atoms with Gasteiger partial charge in [-0.15, -0.1) is 0 Å². The molecule has 6 heteroatoms. The van der Waals surface area contributed by atoms with Crippen LogP contribution in [0.3, 0.4) is 0 Å². The fraction of sp³-hybridized carbons (Fsp3) is 0.800. The predicted molar refractivity (Wildman–Crippen MR) is 88.0 cm³/mol. The van der Waals surface area contributed by atoms with Gasteiger partial charge in [-0.2, -0.15) is 15.0 Å². The summed E-state index contributed by atoms with van der Waals surface area (Å²) in [6, 6.07) is 0. The molecule has 0 amide bonds. The number of nitrogens with zero attached hydrogens (tertiary/aromatic N) is 4. The summed E-state index contributed by atoms with van der Waals surface area (Å²) < 4.78 is 0. The van der Waals surface area contributed by atoms with Crippen LogP contribution in [0.25, 0.3) is 0 Å². The molecule has 2 unspecified atom stereocenters. The van der Waals surface area contributed by atoms with Crippen molar-refractivity contribution in [3.63, 3.8) is 0 Å². The molecule has 2 rings (SSSR count). The van der Waals surface area contributed by atoms with Crippen LogP contribution in [0, 0.1) is 11.8 Å². The Labute approximate surface area is 132 Å². The van der Waals surface area contributed by atoms with E-state index in [0.717, 1.165) is 25.6 Å². The second kappa shape index (κ2) is 7.78. The van der Waals surface area contributed by atoms with Crippen molar-refractivity contribution in [2.75, 3.05) is 29.9 Å². The first kappa shape index (κ1) is 16.3. The Hall–Kier alpha value is -1.10. The van der Waals surface area contributed by atoms with Gasteiger partial charge in [0.1, 0.15) is 0 Å². The van der Waals surface area contributed by atoms with Crippen LogP contribution in [0.2, 0.25) is 5.28 Å². The number of anilines is 2. The van der Waals surface area contributed by atoms with E-state index in [4.69, 9.17) is 11.6 Å². The third-order valence-electron chi connectivity index (χ3n) is 4.24. The third-order valence-corrected chi connectivity index (χ3v) is 4.41. The first-order valence-corrected chi connectivity index (χ1v) is 8.40. The maximum absolute atomic E-state index is 6.02. The molecule has 1 aromatic rings. The van der Waals surface area contributed by atoms with Gasteiger partial charge in [0.15, 0.2) is 0 Å². The van der Waals surface area contributed by atoms with Crippen LogP contribution >= 0.6 is 11.6 Å². The second-order valence-corrected chi connectivity index (χ2v) is 6.26. The van der Waals surface area contributed by atoms with Crippen molar-refractivity contribution >= 4 is 23.5 Å². The summed E-state index contributed by atoms with van der Waals surface area (Å²) in [5, 5.41) is 3.60. The van der Waals surface area contributed by atoms with Gasteiger partial charge in [-0.1, -0.05) is 19.8 Å². The van der Waals surface area contributed by atoms with Gasteiger partial charge in [0.2, 0.25) is 17.2 Å². The predicted octanol–water partition coefficient (Wildman–Crippen LogP) is 3.61. The van der Waals surface area contributed by atoms with Crippen molar-refractivity contribution in [1.29, 1.82) is 0 Å². The highest BCUT2D eigenvalue weighted by Crippen LogP contribution is 2.28. The highest BCUT2D eigenvalue weighted by Gasteiger charge is 2.19. The Morgan fingerprint density at radius 2 is 1.95 bits per heavy atom. The van der Waals surface area contributed by atoms with Crippen LogP contribution < -0.4 is 10.2 Å².